The normalized spacial score (nSPS) is 16.7. The average molecular weight is 525 g/mol. The zero-order valence-electron chi connectivity index (χ0n) is 23.9. The predicted octanol–water partition coefficient (Wildman–Crippen LogP) is 8.00. The Kier molecular flexibility index (Phi) is 26.9. The van der Waals surface area contributed by atoms with Gasteiger partial charge in [0.05, 0.1) is 32.3 Å². The third-order valence-corrected chi connectivity index (χ3v) is 7.02. The summed E-state index contributed by atoms with van der Waals surface area (Å²) in [6.45, 7) is 15.0. The molecule has 0 heterocycles. The molecule has 0 aromatic heterocycles. The Morgan fingerprint density at radius 3 is 1.03 bits per heavy atom. The number of aliphatic hydroxyl groups is 1. The van der Waals surface area contributed by atoms with Gasteiger partial charge in [-0.15, -0.1) is 0 Å². The molecule has 0 aromatic rings. The van der Waals surface area contributed by atoms with Crippen molar-refractivity contribution in [3.63, 3.8) is 0 Å². The summed E-state index contributed by atoms with van der Waals surface area (Å²) < 4.78 is 33.0. The molecule has 0 radical (unpaired) electrons. The van der Waals surface area contributed by atoms with Crippen LogP contribution >= 0.6 is 0 Å². The van der Waals surface area contributed by atoms with Gasteiger partial charge in [0, 0.05) is 0 Å². The first-order chi connectivity index (χ1) is 16.6. The Bertz CT molecular complexity index is 470. The summed E-state index contributed by atoms with van der Waals surface area (Å²) in [5, 5.41) is 9.59. The topological polar surface area (TPSA) is 94.8 Å². The van der Waals surface area contributed by atoms with E-state index in [4.69, 9.17) is 17.5 Å². The van der Waals surface area contributed by atoms with Crippen LogP contribution in [0.5, 0.6) is 0 Å². The molecule has 6 nitrogen and oxygen atoms in total. The molecule has 1 fully saturated rings. The highest BCUT2D eigenvalue weighted by atomic mass is 32.3. The maximum Gasteiger partial charge on any atom is 0.394 e. The summed E-state index contributed by atoms with van der Waals surface area (Å²) in [4.78, 5) is 0. The van der Waals surface area contributed by atoms with Gasteiger partial charge >= 0.3 is 10.4 Å². The summed E-state index contributed by atoms with van der Waals surface area (Å²) in [5.74, 6) is 0. The van der Waals surface area contributed by atoms with Crippen LogP contribution in [0, 0.1) is 0 Å². The fourth-order valence-corrected chi connectivity index (χ4v) is 4.79. The zero-order valence-corrected chi connectivity index (χ0v) is 24.7. The molecule has 7 heteroatoms. The van der Waals surface area contributed by atoms with Crippen molar-refractivity contribution in [3.05, 3.63) is 0 Å². The minimum Gasteiger partial charge on any atom is -0.393 e. The minimum atomic E-state index is -4.67. The Labute approximate surface area is 219 Å². The molecule has 1 aliphatic rings. The van der Waals surface area contributed by atoms with Crippen LogP contribution in [0.1, 0.15) is 150 Å². The van der Waals surface area contributed by atoms with E-state index in [1.54, 1.807) is 0 Å². The maximum absolute atomic E-state index is 9.59. The first kappa shape index (κ1) is 36.9. The van der Waals surface area contributed by atoms with E-state index in [1.807, 2.05) is 0 Å². The number of quaternary nitrogens is 1. The van der Waals surface area contributed by atoms with Crippen molar-refractivity contribution < 1.29 is 27.1 Å². The van der Waals surface area contributed by atoms with Crippen LogP contribution in [0.4, 0.5) is 0 Å². The van der Waals surface area contributed by atoms with E-state index in [-0.39, 0.29) is 6.10 Å². The fourth-order valence-electron chi connectivity index (χ4n) is 4.79. The molecule has 0 aromatic carbocycles. The molecular weight excluding hydrogens is 462 g/mol. The van der Waals surface area contributed by atoms with Crippen LogP contribution in [-0.2, 0) is 10.4 Å². The largest absolute Gasteiger partial charge is 0.394 e. The maximum atomic E-state index is 9.59. The lowest BCUT2D eigenvalue weighted by molar-refractivity contribution is -0.929. The third kappa shape index (κ3) is 29.9. The van der Waals surface area contributed by atoms with E-state index in [9.17, 15) is 5.11 Å². The molecule has 0 bridgehead atoms. The van der Waals surface area contributed by atoms with Crippen LogP contribution in [0.2, 0.25) is 0 Å². The van der Waals surface area contributed by atoms with Gasteiger partial charge in [-0.25, -0.2) is 0 Å². The molecule has 1 saturated carbocycles. The van der Waals surface area contributed by atoms with E-state index in [2.05, 4.69) is 27.7 Å². The molecule has 1 aliphatic carbocycles. The van der Waals surface area contributed by atoms with E-state index in [1.165, 1.54) is 140 Å². The van der Waals surface area contributed by atoms with Gasteiger partial charge in [0.2, 0.25) is 0 Å². The van der Waals surface area contributed by atoms with Crippen molar-refractivity contribution in [2.45, 2.75) is 156 Å². The zero-order chi connectivity index (χ0) is 26.8. The van der Waals surface area contributed by atoms with Crippen molar-refractivity contribution in [2.75, 3.05) is 26.2 Å². The van der Waals surface area contributed by atoms with E-state index in [0.29, 0.717) is 0 Å². The number of rotatable bonds is 12. The number of nitrogens with zero attached hydrogens (tertiary/aromatic N) is 1. The van der Waals surface area contributed by atoms with Gasteiger partial charge < -0.3 is 9.59 Å². The van der Waals surface area contributed by atoms with Gasteiger partial charge in [-0.05, 0) is 38.5 Å². The molecule has 0 aliphatic heterocycles. The second kappa shape index (κ2) is 25.4. The molecule has 0 unspecified atom stereocenters. The van der Waals surface area contributed by atoms with E-state index in [0.717, 1.165) is 12.8 Å². The van der Waals surface area contributed by atoms with Gasteiger partial charge in [-0.2, -0.15) is 8.42 Å². The Balaban J connectivity index is 0. The molecular formula is C28H62NO5S+. The van der Waals surface area contributed by atoms with Gasteiger partial charge in [-0.3, -0.25) is 9.11 Å². The SMILES string of the molecule is CCCC[N+](CCCC)(CCCC)CCCC.O=S(=O)(O)O.OC1CCCCCCCCCCC1. The van der Waals surface area contributed by atoms with Gasteiger partial charge in [0.1, 0.15) is 0 Å². The lowest BCUT2D eigenvalue weighted by Crippen LogP contribution is -2.50. The Hall–Kier alpha value is -0.210. The van der Waals surface area contributed by atoms with Crippen LogP contribution in [0.25, 0.3) is 0 Å². The van der Waals surface area contributed by atoms with Crippen LogP contribution in [-0.4, -0.2) is 59.4 Å². The van der Waals surface area contributed by atoms with E-state index >= 15 is 0 Å². The van der Waals surface area contributed by atoms with Crippen LogP contribution in [0.3, 0.4) is 0 Å². The Morgan fingerprint density at radius 2 is 0.800 bits per heavy atom. The first-order valence-corrected chi connectivity index (χ1v) is 16.3. The van der Waals surface area contributed by atoms with Crippen molar-refractivity contribution in [1.82, 2.24) is 0 Å². The summed E-state index contributed by atoms with van der Waals surface area (Å²) >= 11 is 0. The summed E-state index contributed by atoms with van der Waals surface area (Å²) in [5.41, 5.74) is 0. The third-order valence-electron chi connectivity index (χ3n) is 7.02. The number of aliphatic hydroxyl groups excluding tert-OH is 1. The molecule has 214 valence electrons. The number of unbranched alkanes of at least 4 members (excludes halogenated alkanes) is 4. The fraction of sp³-hybridized carbons (Fsp3) is 1.00. The predicted molar refractivity (Wildman–Crippen MR) is 150 cm³/mol. The summed E-state index contributed by atoms with van der Waals surface area (Å²) in [6, 6.07) is 0. The molecule has 0 amide bonds. The highest BCUT2D eigenvalue weighted by Crippen LogP contribution is 2.17. The van der Waals surface area contributed by atoms with E-state index < -0.39 is 10.4 Å². The summed E-state index contributed by atoms with van der Waals surface area (Å²) in [7, 11) is -4.67. The first-order valence-electron chi connectivity index (χ1n) is 14.9. The minimum absolute atomic E-state index is 0.000531. The average Bonchev–Trinajstić information content (AvgIpc) is 2.80. The lowest BCUT2D eigenvalue weighted by Gasteiger charge is -2.39. The molecule has 1 rings (SSSR count). The quantitative estimate of drug-likeness (QED) is 0.177. The lowest BCUT2D eigenvalue weighted by atomic mass is 10.00. The molecule has 0 saturated heterocycles. The Morgan fingerprint density at radius 1 is 0.571 bits per heavy atom. The monoisotopic (exact) mass is 524 g/mol. The standard InChI is InChI=1S/C16H36N.C12H24O.H2O4S/c1-5-9-13-17(14-10-6-2,15-11-7-3)16-12-8-4;13-12-10-8-6-4-2-1-3-5-7-9-11-12;1-5(2,3)4/h5-16H2,1-4H3;12-13H,1-11H2;(H2,1,2,3,4)/q+1;;. The second-order valence-electron chi connectivity index (χ2n) is 10.5. The van der Waals surface area contributed by atoms with Gasteiger partial charge in [0.15, 0.2) is 0 Å². The smallest absolute Gasteiger partial charge is 0.393 e. The summed E-state index contributed by atoms with van der Waals surface area (Å²) in [6.07, 6.45) is 25.3. The van der Waals surface area contributed by atoms with Crippen molar-refractivity contribution in [1.29, 1.82) is 0 Å². The van der Waals surface area contributed by atoms with Crippen molar-refractivity contribution in [3.8, 4) is 0 Å². The number of hydrogen-bond donors (Lipinski definition) is 3. The highest BCUT2D eigenvalue weighted by Gasteiger charge is 2.24. The van der Waals surface area contributed by atoms with Gasteiger partial charge in [-0.1, -0.05) is 111 Å². The second-order valence-corrected chi connectivity index (χ2v) is 11.4. The molecule has 3 N–H and O–H groups in total. The number of hydrogen-bond acceptors (Lipinski definition) is 3. The molecule has 35 heavy (non-hydrogen) atoms. The molecule has 0 spiro atoms. The highest BCUT2D eigenvalue weighted by molar-refractivity contribution is 7.79. The van der Waals surface area contributed by atoms with Gasteiger partial charge in [0.25, 0.3) is 0 Å². The van der Waals surface area contributed by atoms with Crippen molar-refractivity contribution >= 4 is 10.4 Å². The molecule has 0 atom stereocenters. The van der Waals surface area contributed by atoms with Crippen LogP contribution in [0.15, 0.2) is 0 Å². The van der Waals surface area contributed by atoms with Crippen molar-refractivity contribution in [2.24, 2.45) is 0 Å². The van der Waals surface area contributed by atoms with Crippen LogP contribution < -0.4 is 0 Å².